The molecule has 0 N–H and O–H groups in total. The van der Waals surface area contributed by atoms with Crippen molar-refractivity contribution in [1.82, 2.24) is 0 Å². The van der Waals surface area contributed by atoms with Gasteiger partial charge in [0.1, 0.15) is 0 Å². The molecule has 3 nitrogen and oxygen atoms in total. The van der Waals surface area contributed by atoms with Crippen LogP contribution < -0.4 is 0 Å². The molecule has 1 heterocycles. The highest BCUT2D eigenvalue weighted by Gasteiger charge is 2.58. The molecule has 0 radical (unpaired) electrons. The Kier molecular flexibility index (Phi) is 1.88. The van der Waals surface area contributed by atoms with Gasteiger partial charge in [0.2, 0.25) is 11.6 Å². The van der Waals surface area contributed by atoms with Gasteiger partial charge >= 0.3 is 0 Å². The van der Waals surface area contributed by atoms with Gasteiger partial charge in [-0.1, -0.05) is 18.2 Å². The fourth-order valence-electron chi connectivity index (χ4n) is 3.09. The lowest BCUT2D eigenvalue weighted by Gasteiger charge is -2.39. The van der Waals surface area contributed by atoms with Crippen LogP contribution in [0, 0.1) is 17.8 Å². The van der Waals surface area contributed by atoms with Gasteiger partial charge in [-0.3, -0.25) is 4.79 Å². The Labute approximate surface area is 88.7 Å². The number of hydrogen-bond acceptors (Lipinski definition) is 3. The highest BCUT2D eigenvalue weighted by atomic mass is 16.7. The van der Waals surface area contributed by atoms with Gasteiger partial charge in [0, 0.05) is 18.9 Å². The molecule has 0 aromatic rings. The number of hydrogen-bond donors (Lipinski definition) is 0. The zero-order chi connectivity index (χ0) is 10.5. The molecule has 0 saturated carbocycles. The van der Waals surface area contributed by atoms with E-state index in [0.29, 0.717) is 18.4 Å². The molecule has 80 valence electrons. The average molecular weight is 206 g/mol. The van der Waals surface area contributed by atoms with E-state index in [1.54, 1.807) is 13.2 Å². The minimum Gasteiger partial charge on any atom is -0.346 e. The van der Waals surface area contributed by atoms with Crippen molar-refractivity contribution in [2.24, 2.45) is 17.8 Å². The van der Waals surface area contributed by atoms with Crippen molar-refractivity contribution in [2.75, 3.05) is 13.7 Å². The maximum atomic E-state index is 11.9. The molecule has 3 heteroatoms. The number of carbonyl (C=O) groups is 1. The van der Waals surface area contributed by atoms with E-state index in [9.17, 15) is 4.79 Å². The first-order chi connectivity index (χ1) is 7.28. The summed E-state index contributed by atoms with van der Waals surface area (Å²) in [7, 11) is 1.56. The fraction of sp³-hybridized carbons (Fsp3) is 0.583. The van der Waals surface area contributed by atoms with Crippen LogP contribution >= 0.6 is 0 Å². The van der Waals surface area contributed by atoms with Gasteiger partial charge in [-0.25, -0.2) is 0 Å². The largest absolute Gasteiger partial charge is 0.346 e. The Morgan fingerprint density at radius 2 is 2.33 bits per heavy atom. The quantitative estimate of drug-likeness (QED) is 0.607. The van der Waals surface area contributed by atoms with E-state index in [1.165, 1.54) is 0 Å². The van der Waals surface area contributed by atoms with Crippen LogP contribution in [0.15, 0.2) is 24.3 Å². The molecule has 0 unspecified atom stereocenters. The Morgan fingerprint density at radius 3 is 3.13 bits per heavy atom. The number of allylic oxidation sites excluding steroid dienone is 2. The van der Waals surface area contributed by atoms with Gasteiger partial charge in [-0.15, -0.1) is 0 Å². The number of ether oxygens (including phenoxy) is 2. The summed E-state index contributed by atoms with van der Waals surface area (Å²) in [6, 6.07) is 0. The van der Waals surface area contributed by atoms with E-state index in [4.69, 9.17) is 9.47 Å². The summed E-state index contributed by atoms with van der Waals surface area (Å²) in [5, 5.41) is 0. The zero-order valence-corrected chi connectivity index (χ0v) is 8.68. The fourth-order valence-corrected chi connectivity index (χ4v) is 3.09. The Balaban J connectivity index is 2.10. The molecule has 0 aromatic carbocycles. The van der Waals surface area contributed by atoms with Crippen LogP contribution in [0.2, 0.25) is 0 Å². The lowest BCUT2D eigenvalue weighted by Crippen LogP contribution is -2.51. The molecule has 0 aromatic heterocycles. The summed E-state index contributed by atoms with van der Waals surface area (Å²) in [6.07, 6.45) is 8.95. The monoisotopic (exact) mass is 206 g/mol. The lowest BCUT2D eigenvalue weighted by molar-refractivity contribution is -0.215. The maximum Gasteiger partial charge on any atom is 0.236 e. The van der Waals surface area contributed by atoms with Crippen LogP contribution in [-0.2, 0) is 14.3 Å². The first-order valence-electron chi connectivity index (χ1n) is 5.36. The minimum atomic E-state index is -0.991. The molecular weight excluding hydrogens is 192 g/mol. The maximum absolute atomic E-state index is 11.9. The second-order valence-electron chi connectivity index (χ2n) is 4.42. The van der Waals surface area contributed by atoms with Crippen molar-refractivity contribution in [1.29, 1.82) is 0 Å². The second-order valence-corrected chi connectivity index (χ2v) is 4.42. The van der Waals surface area contributed by atoms with Crippen LogP contribution in [0.3, 0.4) is 0 Å². The summed E-state index contributed by atoms with van der Waals surface area (Å²) < 4.78 is 11.0. The van der Waals surface area contributed by atoms with Crippen LogP contribution in [-0.4, -0.2) is 25.3 Å². The Hall–Kier alpha value is -0.930. The molecule has 0 spiro atoms. The highest BCUT2D eigenvalue weighted by molar-refractivity contribution is 5.97. The smallest absolute Gasteiger partial charge is 0.236 e. The molecule has 1 saturated heterocycles. The summed E-state index contributed by atoms with van der Waals surface area (Å²) in [6.45, 7) is 0.596. The summed E-state index contributed by atoms with van der Waals surface area (Å²) in [4.78, 5) is 11.9. The van der Waals surface area contributed by atoms with Crippen molar-refractivity contribution >= 4 is 5.78 Å². The van der Waals surface area contributed by atoms with Gasteiger partial charge in [-0.05, 0) is 18.4 Å². The van der Waals surface area contributed by atoms with E-state index in [-0.39, 0.29) is 11.7 Å². The van der Waals surface area contributed by atoms with Crippen LogP contribution in [0.4, 0.5) is 0 Å². The SMILES string of the molecule is CO[C@@]12OC[C@H]3C=CC[C@@H](C=CC1=O)[C@H]32. The van der Waals surface area contributed by atoms with Gasteiger partial charge < -0.3 is 9.47 Å². The molecule has 4 atom stereocenters. The first kappa shape index (κ1) is 9.31. The molecule has 1 fully saturated rings. The van der Waals surface area contributed by atoms with Crippen molar-refractivity contribution < 1.29 is 14.3 Å². The Morgan fingerprint density at radius 1 is 1.47 bits per heavy atom. The van der Waals surface area contributed by atoms with Gasteiger partial charge in [0.15, 0.2) is 0 Å². The van der Waals surface area contributed by atoms with Crippen LogP contribution in [0.25, 0.3) is 0 Å². The second kappa shape index (κ2) is 3.03. The third-order valence-corrected chi connectivity index (χ3v) is 3.78. The van der Waals surface area contributed by atoms with Crippen molar-refractivity contribution in [3.63, 3.8) is 0 Å². The van der Waals surface area contributed by atoms with Crippen molar-refractivity contribution in [2.45, 2.75) is 12.2 Å². The van der Waals surface area contributed by atoms with E-state index < -0.39 is 5.79 Å². The predicted octanol–water partition coefficient (Wildman–Crippen LogP) is 1.31. The summed E-state index contributed by atoms with van der Waals surface area (Å²) >= 11 is 0. The van der Waals surface area contributed by atoms with Gasteiger partial charge in [0.25, 0.3) is 0 Å². The molecule has 1 aliphatic heterocycles. The summed E-state index contributed by atoms with van der Waals surface area (Å²) in [5.74, 6) is -0.138. The number of rotatable bonds is 1. The van der Waals surface area contributed by atoms with Crippen molar-refractivity contribution in [3.8, 4) is 0 Å². The molecule has 0 bridgehead atoms. The molecule has 2 aliphatic carbocycles. The van der Waals surface area contributed by atoms with Gasteiger partial charge in [0.05, 0.1) is 6.61 Å². The van der Waals surface area contributed by atoms with Crippen LogP contribution in [0.1, 0.15) is 6.42 Å². The van der Waals surface area contributed by atoms with E-state index in [0.717, 1.165) is 6.42 Å². The Bertz CT molecular complexity index is 358. The van der Waals surface area contributed by atoms with E-state index in [2.05, 4.69) is 12.2 Å². The molecule has 3 aliphatic rings. The topological polar surface area (TPSA) is 35.5 Å². The molecule has 3 rings (SSSR count). The van der Waals surface area contributed by atoms with E-state index >= 15 is 0 Å². The van der Waals surface area contributed by atoms with E-state index in [1.807, 2.05) is 6.08 Å². The normalized spacial score (nSPS) is 47.0. The summed E-state index contributed by atoms with van der Waals surface area (Å²) in [5.41, 5.74) is 0. The molecule has 0 amide bonds. The zero-order valence-electron chi connectivity index (χ0n) is 8.68. The number of ketones is 1. The molecule has 15 heavy (non-hydrogen) atoms. The average Bonchev–Trinajstić information content (AvgIpc) is 2.66. The standard InChI is InChI=1S/C12H14O3/c1-14-12-10(13)6-5-8-3-2-4-9(7-15-12)11(8)12/h2,4-6,8-9,11H,3,7H2,1H3/t8-,9+,11+,12+/m0/s1. The number of methoxy groups -OCH3 is 1. The highest BCUT2D eigenvalue weighted by Crippen LogP contribution is 2.49. The third kappa shape index (κ3) is 1.05. The third-order valence-electron chi connectivity index (χ3n) is 3.78. The van der Waals surface area contributed by atoms with Gasteiger partial charge in [-0.2, -0.15) is 0 Å². The lowest BCUT2D eigenvalue weighted by atomic mass is 9.69. The first-order valence-corrected chi connectivity index (χ1v) is 5.36. The minimum absolute atomic E-state index is 0.0379. The van der Waals surface area contributed by atoms with Crippen LogP contribution in [0.5, 0.6) is 0 Å². The predicted molar refractivity (Wildman–Crippen MR) is 54.1 cm³/mol. The number of carbonyl (C=O) groups excluding carboxylic acids is 1. The van der Waals surface area contributed by atoms with Crippen molar-refractivity contribution in [3.05, 3.63) is 24.3 Å². The molecular formula is C12H14O3.